The molecular formula is C55H89N6O32P. The number of aliphatic carboxylic acids is 1. The monoisotopic (exact) mass is 1380 g/mol. The van der Waals surface area contributed by atoms with Crippen LogP contribution in [0.15, 0.2) is 24.3 Å². The molecule has 0 bridgehead atoms. The Labute approximate surface area is 537 Å². The number of hydrogen-bond donors (Lipinski definition) is 18. The average Bonchev–Trinajstić information content (AvgIpc) is 0.756. The van der Waals surface area contributed by atoms with E-state index in [4.69, 9.17) is 78.4 Å². The first kappa shape index (κ1) is 78.0. The van der Waals surface area contributed by atoms with Crippen LogP contribution in [0.2, 0.25) is 0 Å². The van der Waals surface area contributed by atoms with E-state index in [1.165, 1.54) is 19.8 Å². The third-order valence-electron chi connectivity index (χ3n) is 16.1. The smallest absolute Gasteiger partial charge is 0.474 e. The molecule has 536 valence electrons. The predicted molar refractivity (Wildman–Crippen MR) is 310 cm³/mol. The molecule has 0 spiro atoms. The Bertz CT molecular complexity index is 2690. The van der Waals surface area contributed by atoms with E-state index in [2.05, 4.69) is 22.9 Å². The molecule has 0 aromatic heterocycles. The average molecular weight is 1380 g/mol. The first-order valence-corrected chi connectivity index (χ1v) is 31.8. The lowest BCUT2D eigenvalue weighted by Gasteiger charge is -2.52. The molecule has 5 aliphatic heterocycles. The summed E-state index contributed by atoms with van der Waals surface area (Å²) in [5.41, 5.74) is 15.2. The number of benzene rings is 1. The summed E-state index contributed by atoms with van der Waals surface area (Å²) in [7, 11) is -5.81. The van der Waals surface area contributed by atoms with Crippen LogP contribution in [-0.4, -0.2) is 289 Å². The number of nitrogens with one attached hydrogen (secondary N) is 3. The molecule has 5 amide bonds. The number of hydrogen-bond acceptors (Lipinski definition) is 31. The Balaban J connectivity index is 1.28. The molecule has 5 fully saturated rings. The van der Waals surface area contributed by atoms with Gasteiger partial charge in [0.25, 0.3) is 0 Å². The summed E-state index contributed by atoms with van der Waals surface area (Å²) in [5.74, 6) is -6.40. The number of primary amides is 3. The number of aliphatic hydroxyl groups is 10. The van der Waals surface area contributed by atoms with Crippen LogP contribution in [0.25, 0.3) is 0 Å². The number of carbonyl (C=O) groups excluding carboxylic acids is 5. The van der Waals surface area contributed by atoms with Gasteiger partial charge in [-0.1, -0.05) is 51.2 Å². The van der Waals surface area contributed by atoms with Gasteiger partial charge in [0.15, 0.2) is 62.0 Å². The van der Waals surface area contributed by atoms with Crippen molar-refractivity contribution in [1.82, 2.24) is 10.6 Å². The van der Waals surface area contributed by atoms with Crippen LogP contribution >= 0.6 is 7.82 Å². The molecule has 1 unspecified atom stereocenters. The van der Waals surface area contributed by atoms with Gasteiger partial charge in [-0.25, -0.2) is 14.2 Å². The van der Waals surface area contributed by atoms with Crippen LogP contribution in [0.3, 0.4) is 0 Å². The summed E-state index contributed by atoms with van der Waals surface area (Å²) in [4.78, 5) is 87.3. The van der Waals surface area contributed by atoms with E-state index in [0.29, 0.717) is 5.69 Å². The zero-order valence-electron chi connectivity index (χ0n) is 51.9. The molecule has 94 heavy (non-hydrogen) atoms. The number of carbonyl (C=O) groups is 6. The lowest BCUT2D eigenvalue weighted by molar-refractivity contribution is -0.375. The van der Waals surface area contributed by atoms with Gasteiger partial charge in [0.1, 0.15) is 90.9 Å². The Kier molecular flexibility index (Phi) is 29.0. The highest BCUT2D eigenvalue weighted by Gasteiger charge is 2.62. The number of unbranched alkanes of at least 4 members (excludes halogenated alkanes) is 5. The molecule has 1 aromatic carbocycles. The number of nitrogens with two attached hydrogens (primary N) is 3. The number of aryl methyl sites for hydroxylation is 1. The van der Waals surface area contributed by atoms with E-state index < -0.39 is 222 Å². The summed E-state index contributed by atoms with van der Waals surface area (Å²) in [6.07, 6.45) is -41.7. The number of phosphoric ester groups is 1. The fourth-order valence-corrected chi connectivity index (χ4v) is 12.0. The van der Waals surface area contributed by atoms with Gasteiger partial charge >= 0.3 is 19.9 Å². The molecule has 21 N–H and O–H groups in total. The molecule has 6 rings (SSSR count). The second-order valence-electron chi connectivity index (χ2n) is 23.4. The summed E-state index contributed by atoms with van der Waals surface area (Å²) < 4.78 is 87.9. The first-order valence-electron chi connectivity index (χ1n) is 30.3. The Morgan fingerprint density at radius 2 is 1.23 bits per heavy atom. The van der Waals surface area contributed by atoms with Gasteiger partial charge in [0.2, 0.25) is 23.6 Å². The van der Waals surface area contributed by atoms with Gasteiger partial charge in [-0.15, -0.1) is 0 Å². The van der Waals surface area contributed by atoms with Gasteiger partial charge < -0.3 is 146 Å². The van der Waals surface area contributed by atoms with E-state index in [1.54, 1.807) is 0 Å². The van der Waals surface area contributed by atoms with Crippen LogP contribution in [0.1, 0.15) is 78.7 Å². The highest BCUT2D eigenvalue weighted by molar-refractivity contribution is 7.47. The lowest BCUT2D eigenvalue weighted by atomic mass is 9.85. The zero-order chi connectivity index (χ0) is 69.7. The van der Waals surface area contributed by atoms with Crippen molar-refractivity contribution in [2.75, 3.05) is 38.3 Å². The minimum Gasteiger partial charge on any atom is -0.479 e. The standard InChI is InChI=1S/C55H89N6O32P/c1-6-7-8-9-10-11-12-25-13-15-26(16-14-25)59-17-18-81-29(48(75)76)21-83-94(79,80)93-53-43(44(92-54(58)77)55(5,78)45(91-53)47(57)74)90-50-31(61-24(4)64)34(67)41(28(86-50)20-82-51-38(71)35(68)32(65)27(19-62)85-51)88-49-30(60-23(3)63)33(66)40(22(2)84-49)87-52-39(72)36(69)37(70)42(89-52)46(56)73/h13-16,22,27-45,49-53,59,62,65-72,78H,6-12,17-21H2,1-5H3,(H2,56,73)(H2,57,74)(H2,58,77)(H,60,63)(H,61,64)(H,75,76)(H,79,80)/t22-,27-,28-,29-,30-,31-,32-,33-,34-,35+,36+,37-,38-,39-,40-,41-,42+,43-,44-,45-,49+,50+,51-,52-,53-,55+/m1/s1. The molecule has 5 aliphatic rings. The summed E-state index contributed by atoms with van der Waals surface area (Å²) in [6, 6.07) is 3.67. The quantitative estimate of drug-likeness (QED) is 0.0230. The largest absolute Gasteiger partial charge is 0.479 e. The molecule has 39 heteroatoms. The van der Waals surface area contributed by atoms with Crippen molar-refractivity contribution >= 4 is 49.2 Å². The van der Waals surface area contributed by atoms with Crippen molar-refractivity contribution in [3.8, 4) is 0 Å². The van der Waals surface area contributed by atoms with Crippen molar-refractivity contribution in [2.24, 2.45) is 17.2 Å². The molecule has 1 aromatic rings. The minimum absolute atomic E-state index is 0.0409. The number of rotatable bonds is 33. The highest BCUT2D eigenvalue weighted by Crippen LogP contribution is 2.49. The number of amides is 5. The third-order valence-corrected chi connectivity index (χ3v) is 17.0. The maximum atomic E-state index is 14.0. The third kappa shape index (κ3) is 20.3. The van der Waals surface area contributed by atoms with Crippen LogP contribution < -0.4 is 33.2 Å². The van der Waals surface area contributed by atoms with Crippen molar-refractivity contribution < 1.29 is 156 Å². The number of carboxylic acid groups (broad SMARTS) is 1. The van der Waals surface area contributed by atoms with Crippen molar-refractivity contribution in [2.45, 2.75) is 239 Å². The summed E-state index contributed by atoms with van der Waals surface area (Å²) in [5, 5.41) is 128. The lowest BCUT2D eigenvalue weighted by Crippen LogP contribution is -2.72. The van der Waals surface area contributed by atoms with Crippen molar-refractivity contribution in [1.29, 1.82) is 0 Å². The molecule has 27 atom stereocenters. The van der Waals surface area contributed by atoms with Gasteiger partial charge in [0.05, 0.1) is 32.5 Å². The summed E-state index contributed by atoms with van der Waals surface area (Å²) >= 11 is 0. The minimum atomic E-state index is -5.81. The number of anilines is 1. The van der Waals surface area contributed by atoms with Crippen LogP contribution in [0, 0.1) is 0 Å². The molecule has 38 nitrogen and oxygen atoms in total. The molecule has 0 radical (unpaired) electrons. The Hall–Kier alpha value is -5.05. The molecule has 5 heterocycles. The second kappa shape index (κ2) is 34.9. The normalized spacial score (nSPS) is 37.9. The SMILES string of the molecule is CCCCCCCCc1ccc(NCCO[C@H](COP(=O)(O)O[C@H]2O[C@H](C(N)=O)[C@@](C)(O)[C@H](OC(N)=O)[C@H]2O[C@@H]2O[C@H](CO[C@@H]3O[C@H](CO)[C@@H](O)[C@H](O)[C@H]3O)[C@@H](O[C@@H]3O[C@H](C)[C@@H](O[C@@H]4O[C@H](C(N)=O)[C@H](O)[C@H](O)[C@H]4O)[C@H](O)[C@H]3NC(C)=O)[C@H](O)[C@H]2NC(C)=O)C(=O)O)cc1. The zero-order valence-corrected chi connectivity index (χ0v) is 52.8. The van der Waals surface area contributed by atoms with Gasteiger partial charge in [-0.2, -0.15) is 0 Å². The van der Waals surface area contributed by atoms with E-state index in [1.807, 2.05) is 24.3 Å². The summed E-state index contributed by atoms with van der Waals surface area (Å²) in [6.45, 7) is 2.60. The second-order valence-corrected chi connectivity index (χ2v) is 24.8. The van der Waals surface area contributed by atoms with Gasteiger partial charge in [-0.05, 0) is 44.4 Å². The Morgan fingerprint density at radius 3 is 1.82 bits per heavy atom. The maximum Gasteiger partial charge on any atom is 0.474 e. The van der Waals surface area contributed by atoms with Gasteiger partial charge in [0, 0.05) is 26.1 Å². The van der Waals surface area contributed by atoms with Crippen LogP contribution in [-0.2, 0) is 96.1 Å². The fourth-order valence-electron chi connectivity index (χ4n) is 11.2. The molecular weight excluding hydrogens is 1290 g/mol. The van der Waals surface area contributed by atoms with Crippen molar-refractivity contribution in [3.05, 3.63) is 29.8 Å². The Morgan fingerprint density at radius 1 is 0.670 bits per heavy atom. The maximum absolute atomic E-state index is 14.0. The topological polar surface area (TPSA) is 596 Å². The molecule has 0 aliphatic carbocycles. The molecule has 5 saturated heterocycles. The van der Waals surface area contributed by atoms with Crippen LogP contribution in [0.4, 0.5) is 10.5 Å². The van der Waals surface area contributed by atoms with E-state index in [-0.39, 0.29) is 13.2 Å². The number of phosphoric acid groups is 1. The number of aliphatic hydroxyl groups excluding tert-OH is 9. The predicted octanol–water partition coefficient (Wildman–Crippen LogP) is -6.50. The number of carboxylic acids is 1. The first-order chi connectivity index (χ1) is 44.2. The van der Waals surface area contributed by atoms with Gasteiger partial charge in [-0.3, -0.25) is 28.2 Å². The van der Waals surface area contributed by atoms with E-state index in [0.717, 1.165) is 58.4 Å². The van der Waals surface area contributed by atoms with E-state index >= 15 is 0 Å². The number of ether oxygens (including phenoxy) is 11. The highest BCUT2D eigenvalue weighted by atomic mass is 31.2. The van der Waals surface area contributed by atoms with Crippen LogP contribution in [0.5, 0.6) is 0 Å². The van der Waals surface area contributed by atoms with E-state index in [9.17, 15) is 94.4 Å². The molecule has 0 saturated carbocycles. The fraction of sp³-hybridized carbons (Fsp3) is 0.782. The van der Waals surface area contributed by atoms with Crippen molar-refractivity contribution in [3.63, 3.8) is 0 Å².